The van der Waals surface area contributed by atoms with Gasteiger partial charge in [-0.1, -0.05) is 18.2 Å². The summed E-state index contributed by atoms with van der Waals surface area (Å²) in [4.78, 5) is 36.7. The number of hydrogen-bond acceptors (Lipinski definition) is 5. The van der Waals surface area contributed by atoms with E-state index in [1.807, 2.05) is 17.5 Å². The standard InChI is InChI=1S/C20H16N2O4S2/c23-18(21-14-5-1-4-13(10-14)20(25)26)12-28-16-7-2-6-15(11-16)22-19(24)17-8-3-9-27-17/h1-11H,12H2,(H,21,23)(H,22,24)(H,25,26). The number of anilines is 2. The van der Waals surface area contributed by atoms with Gasteiger partial charge in [0.05, 0.1) is 16.2 Å². The van der Waals surface area contributed by atoms with Crippen LogP contribution in [0.5, 0.6) is 0 Å². The van der Waals surface area contributed by atoms with Crippen LogP contribution in [0, 0.1) is 0 Å². The van der Waals surface area contributed by atoms with Gasteiger partial charge in [0.1, 0.15) is 0 Å². The van der Waals surface area contributed by atoms with Gasteiger partial charge in [0.2, 0.25) is 5.91 Å². The van der Waals surface area contributed by atoms with Crippen LogP contribution >= 0.6 is 23.1 Å². The number of aromatic carboxylic acids is 1. The van der Waals surface area contributed by atoms with Gasteiger partial charge in [0.25, 0.3) is 5.91 Å². The molecule has 6 nitrogen and oxygen atoms in total. The van der Waals surface area contributed by atoms with Crippen molar-refractivity contribution in [1.29, 1.82) is 0 Å². The van der Waals surface area contributed by atoms with Gasteiger partial charge in [-0.25, -0.2) is 4.79 Å². The average molecular weight is 412 g/mol. The SMILES string of the molecule is O=C(CSc1cccc(NC(=O)c2cccs2)c1)Nc1cccc(C(=O)O)c1. The first-order valence-corrected chi connectivity index (χ1v) is 10.1. The maximum Gasteiger partial charge on any atom is 0.335 e. The Kier molecular flexibility index (Phi) is 6.46. The van der Waals surface area contributed by atoms with Crippen LogP contribution < -0.4 is 10.6 Å². The molecule has 1 aromatic heterocycles. The Labute approximate surface area is 169 Å². The number of carboxylic acids is 1. The average Bonchev–Trinajstić information content (AvgIpc) is 3.22. The summed E-state index contributed by atoms with van der Waals surface area (Å²) in [6.45, 7) is 0. The van der Waals surface area contributed by atoms with E-state index in [0.717, 1.165) is 4.90 Å². The first-order chi connectivity index (χ1) is 13.5. The van der Waals surface area contributed by atoms with Gasteiger partial charge in [0, 0.05) is 16.3 Å². The third kappa shape index (κ3) is 5.45. The molecule has 0 saturated carbocycles. The summed E-state index contributed by atoms with van der Waals surface area (Å²) in [7, 11) is 0. The highest BCUT2D eigenvalue weighted by Crippen LogP contribution is 2.23. The van der Waals surface area contributed by atoms with Gasteiger partial charge in [-0.2, -0.15) is 0 Å². The number of carbonyl (C=O) groups excluding carboxylic acids is 2. The summed E-state index contributed by atoms with van der Waals surface area (Å²) in [5.41, 5.74) is 1.19. The number of nitrogens with one attached hydrogen (secondary N) is 2. The molecule has 0 unspecified atom stereocenters. The minimum absolute atomic E-state index is 0.111. The molecule has 8 heteroatoms. The van der Waals surface area contributed by atoms with Crippen molar-refractivity contribution in [3.05, 3.63) is 76.5 Å². The van der Waals surface area contributed by atoms with E-state index in [4.69, 9.17) is 5.11 Å². The summed E-state index contributed by atoms with van der Waals surface area (Å²) in [6.07, 6.45) is 0. The third-order valence-corrected chi connectivity index (χ3v) is 5.46. The van der Waals surface area contributed by atoms with Crippen molar-refractivity contribution in [2.24, 2.45) is 0 Å². The first kappa shape index (κ1) is 19.7. The predicted octanol–water partition coefficient (Wildman–Crippen LogP) is 4.43. The van der Waals surface area contributed by atoms with Crippen molar-refractivity contribution >= 4 is 52.3 Å². The maximum absolute atomic E-state index is 12.1. The Morgan fingerprint density at radius 1 is 0.929 bits per heavy atom. The highest BCUT2D eigenvalue weighted by Gasteiger charge is 2.09. The second-order valence-electron chi connectivity index (χ2n) is 5.68. The molecule has 1 heterocycles. The Morgan fingerprint density at radius 2 is 1.68 bits per heavy atom. The molecule has 3 rings (SSSR count). The number of amides is 2. The largest absolute Gasteiger partial charge is 0.478 e. The van der Waals surface area contributed by atoms with Crippen LogP contribution in [0.25, 0.3) is 0 Å². The van der Waals surface area contributed by atoms with Gasteiger partial charge < -0.3 is 15.7 Å². The van der Waals surface area contributed by atoms with E-state index in [1.165, 1.54) is 35.2 Å². The summed E-state index contributed by atoms with van der Waals surface area (Å²) in [5.74, 6) is -1.32. The van der Waals surface area contributed by atoms with Gasteiger partial charge >= 0.3 is 5.97 Å². The Morgan fingerprint density at radius 3 is 2.39 bits per heavy atom. The molecule has 2 aromatic carbocycles. The van der Waals surface area contributed by atoms with Crippen LogP contribution in [0.4, 0.5) is 11.4 Å². The molecule has 0 aliphatic rings. The van der Waals surface area contributed by atoms with E-state index in [2.05, 4.69) is 10.6 Å². The molecule has 3 N–H and O–H groups in total. The zero-order chi connectivity index (χ0) is 19.9. The normalized spacial score (nSPS) is 10.3. The second kappa shape index (κ2) is 9.20. The fourth-order valence-corrected chi connectivity index (χ4v) is 3.71. The second-order valence-corrected chi connectivity index (χ2v) is 7.68. The van der Waals surface area contributed by atoms with Crippen molar-refractivity contribution in [2.75, 3.05) is 16.4 Å². The molecule has 0 atom stereocenters. The van der Waals surface area contributed by atoms with Gasteiger partial charge in [-0.05, 0) is 47.8 Å². The molecule has 2 amide bonds. The van der Waals surface area contributed by atoms with Crippen LogP contribution in [-0.2, 0) is 4.79 Å². The monoisotopic (exact) mass is 412 g/mol. The highest BCUT2D eigenvalue weighted by atomic mass is 32.2. The lowest BCUT2D eigenvalue weighted by Gasteiger charge is -2.08. The number of carbonyl (C=O) groups is 3. The Hall–Kier alpha value is -3.10. The van der Waals surface area contributed by atoms with Crippen LogP contribution in [0.1, 0.15) is 20.0 Å². The molecular formula is C20H16N2O4S2. The lowest BCUT2D eigenvalue weighted by molar-refractivity contribution is -0.113. The molecule has 0 bridgehead atoms. The zero-order valence-electron chi connectivity index (χ0n) is 14.5. The van der Waals surface area contributed by atoms with Crippen molar-refractivity contribution < 1.29 is 19.5 Å². The molecule has 3 aromatic rings. The minimum Gasteiger partial charge on any atom is -0.478 e. The Balaban J connectivity index is 1.55. The molecule has 0 spiro atoms. The summed E-state index contributed by atoms with van der Waals surface area (Å²) in [6, 6.07) is 16.9. The molecule has 0 radical (unpaired) electrons. The fourth-order valence-electron chi connectivity index (χ4n) is 2.34. The van der Waals surface area contributed by atoms with Crippen LogP contribution in [0.15, 0.2) is 70.9 Å². The summed E-state index contributed by atoms with van der Waals surface area (Å²) in [5, 5.41) is 16.3. The fraction of sp³-hybridized carbons (Fsp3) is 0.0500. The van der Waals surface area contributed by atoms with E-state index in [9.17, 15) is 14.4 Å². The van der Waals surface area contributed by atoms with Gasteiger partial charge in [-0.15, -0.1) is 23.1 Å². The Bertz CT molecular complexity index is 1000. The quantitative estimate of drug-likeness (QED) is 0.499. The molecule has 28 heavy (non-hydrogen) atoms. The van der Waals surface area contributed by atoms with E-state index < -0.39 is 5.97 Å². The number of thioether (sulfide) groups is 1. The predicted molar refractivity (Wildman–Crippen MR) is 111 cm³/mol. The number of hydrogen-bond donors (Lipinski definition) is 3. The molecular weight excluding hydrogens is 396 g/mol. The molecule has 142 valence electrons. The smallest absolute Gasteiger partial charge is 0.335 e. The number of benzene rings is 2. The van der Waals surface area contributed by atoms with Crippen LogP contribution in [0.2, 0.25) is 0 Å². The third-order valence-electron chi connectivity index (χ3n) is 3.60. The van der Waals surface area contributed by atoms with Crippen molar-refractivity contribution in [3.63, 3.8) is 0 Å². The van der Waals surface area contributed by atoms with E-state index in [1.54, 1.807) is 36.4 Å². The van der Waals surface area contributed by atoms with Crippen LogP contribution in [-0.4, -0.2) is 28.6 Å². The minimum atomic E-state index is -1.05. The highest BCUT2D eigenvalue weighted by molar-refractivity contribution is 8.00. The lowest BCUT2D eigenvalue weighted by atomic mass is 10.2. The number of carboxylic acid groups (broad SMARTS) is 1. The first-order valence-electron chi connectivity index (χ1n) is 8.22. The number of rotatable bonds is 7. The van der Waals surface area contributed by atoms with E-state index in [-0.39, 0.29) is 23.1 Å². The molecule has 0 saturated heterocycles. The zero-order valence-corrected chi connectivity index (χ0v) is 16.2. The van der Waals surface area contributed by atoms with Crippen molar-refractivity contribution in [3.8, 4) is 0 Å². The van der Waals surface area contributed by atoms with E-state index in [0.29, 0.717) is 16.3 Å². The van der Waals surface area contributed by atoms with Gasteiger partial charge in [0.15, 0.2) is 0 Å². The molecule has 0 aliphatic heterocycles. The summed E-state index contributed by atoms with van der Waals surface area (Å²) < 4.78 is 0. The molecule has 0 fully saturated rings. The topological polar surface area (TPSA) is 95.5 Å². The van der Waals surface area contributed by atoms with Gasteiger partial charge in [-0.3, -0.25) is 9.59 Å². The lowest BCUT2D eigenvalue weighted by Crippen LogP contribution is -2.14. The number of thiophene rings is 1. The van der Waals surface area contributed by atoms with Crippen molar-refractivity contribution in [1.82, 2.24) is 0 Å². The maximum atomic E-state index is 12.1. The summed E-state index contributed by atoms with van der Waals surface area (Å²) >= 11 is 2.69. The van der Waals surface area contributed by atoms with Crippen molar-refractivity contribution in [2.45, 2.75) is 4.90 Å². The van der Waals surface area contributed by atoms with E-state index >= 15 is 0 Å². The molecule has 0 aliphatic carbocycles. The van der Waals surface area contributed by atoms with Crippen LogP contribution in [0.3, 0.4) is 0 Å².